The summed E-state index contributed by atoms with van der Waals surface area (Å²) in [5, 5.41) is 5.43. The Morgan fingerprint density at radius 2 is 1.38 bits per heavy atom. The number of methoxy groups -OCH3 is 1. The number of amides is 2. The monoisotopic (exact) mass is 328 g/mol. The van der Waals surface area contributed by atoms with Crippen LogP contribution in [0.5, 0.6) is 11.5 Å². The van der Waals surface area contributed by atoms with Crippen LogP contribution in [0, 0.1) is 0 Å². The topological polar surface area (TPSA) is 76.7 Å². The third-order valence-corrected chi connectivity index (χ3v) is 3.21. The van der Waals surface area contributed by atoms with E-state index in [2.05, 4.69) is 10.6 Å². The molecule has 0 saturated heterocycles. The first kappa shape index (κ1) is 17.3. The maximum absolute atomic E-state index is 12.2. The molecule has 0 fully saturated rings. The molecule has 2 rings (SSSR count). The smallest absolute Gasteiger partial charge is 0.265 e. The molecule has 2 N–H and O–H groups in total. The van der Waals surface area contributed by atoms with Gasteiger partial charge in [-0.3, -0.25) is 9.59 Å². The lowest BCUT2D eigenvalue weighted by atomic mass is 10.2. The highest BCUT2D eigenvalue weighted by Crippen LogP contribution is 2.19. The molecule has 0 radical (unpaired) electrons. The molecular weight excluding hydrogens is 308 g/mol. The minimum Gasteiger partial charge on any atom is -0.497 e. The van der Waals surface area contributed by atoms with Gasteiger partial charge in [0.15, 0.2) is 6.10 Å². The molecule has 1 atom stereocenters. The van der Waals surface area contributed by atoms with Gasteiger partial charge in [0.1, 0.15) is 11.5 Å². The molecule has 24 heavy (non-hydrogen) atoms. The van der Waals surface area contributed by atoms with E-state index in [-0.39, 0.29) is 11.8 Å². The van der Waals surface area contributed by atoms with E-state index in [4.69, 9.17) is 9.47 Å². The number of hydrogen-bond donors (Lipinski definition) is 2. The Bertz CT molecular complexity index is 696. The van der Waals surface area contributed by atoms with E-state index in [1.807, 2.05) is 0 Å². The Morgan fingerprint density at radius 1 is 0.875 bits per heavy atom. The standard InChI is InChI=1S/C18H20N2O4/c1-12(24-17-10-8-16(23-3)9-11-17)18(22)20-15-6-4-14(5-7-15)19-13(2)21/h4-12H,1-3H3,(H,19,21)(H,20,22)/t12-/m1/s1. The van der Waals surface area contributed by atoms with Crippen molar-refractivity contribution in [1.29, 1.82) is 0 Å². The van der Waals surface area contributed by atoms with Crippen molar-refractivity contribution in [2.75, 3.05) is 17.7 Å². The Labute approximate surface area is 140 Å². The Morgan fingerprint density at radius 3 is 1.88 bits per heavy atom. The fourth-order valence-corrected chi connectivity index (χ4v) is 2.00. The van der Waals surface area contributed by atoms with Crippen LogP contribution in [0.4, 0.5) is 11.4 Å². The van der Waals surface area contributed by atoms with Crippen LogP contribution in [-0.4, -0.2) is 25.0 Å². The predicted molar refractivity (Wildman–Crippen MR) is 92.5 cm³/mol. The van der Waals surface area contributed by atoms with Crippen molar-refractivity contribution in [1.82, 2.24) is 0 Å². The van der Waals surface area contributed by atoms with Crippen molar-refractivity contribution in [3.8, 4) is 11.5 Å². The molecule has 0 saturated carbocycles. The summed E-state index contributed by atoms with van der Waals surface area (Å²) in [5.41, 5.74) is 1.29. The number of carbonyl (C=O) groups is 2. The zero-order valence-electron chi connectivity index (χ0n) is 13.8. The molecular formula is C18H20N2O4. The van der Waals surface area contributed by atoms with Gasteiger partial charge in [0.05, 0.1) is 7.11 Å². The zero-order valence-corrected chi connectivity index (χ0v) is 13.8. The summed E-state index contributed by atoms with van der Waals surface area (Å²) >= 11 is 0. The second kappa shape index (κ2) is 8.01. The summed E-state index contributed by atoms with van der Waals surface area (Å²) in [6.45, 7) is 3.11. The van der Waals surface area contributed by atoms with Crippen molar-refractivity contribution in [2.45, 2.75) is 20.0 Å². The molecule has 2 amide bonds. The quantitative estimate of drug-likeness (QED) is 0.854. The molecule has 2 aromatic rings. The first-order chi connectivity index (χ1) is 11.5. The minimum absolute atomic E-state index is 0.145. The molecule has 0 aromatic heterocycles. The van der Waals surface area contributed by atoms with Gasteiger partial charge in [-0.2, -0.15) is 0 Å². The Balaban J connectivity index is 1.91. The van der Waals surface area contributed by atoms with Crippen LogP contribution in [0.2, 0.25) is 0 Å². The predicted octanol–water partition coefficient (Wildman–Crippen LogP) is 3.06. The molecule has 0 heterocycles. The maximum atomic E-state index is 12.2. The molecule has 0 aliphatic heterocycles. The van der Waals surface area contributed by atoms with Gasteiger partial charge < -0.3 is 20.1 Å². The molecule has 0 aliphatic carbocycles. The fourth-order valence-electron chi connectivity index (χ4n) is 2.00. The molecule has 2 aromatic carbocycles. The van der Waals surface area contributed by atoms with Crippen molar-refractivity contribution >= 4 is 23.2 Å². The van der Waals surface area contributed by atoms with E-state index in [0.717, 1.165) is 5.75 Å². The third kappa shape index (κ3) is 5.01. The number of rotatable bonds is 6. The number of benzene rings is 2. The van der Waals surface area contributed by atoms with Crippen molar-refractivity contribution in [2.24, 2.45) is 0 Å². The first-order valence-corrected chi connectivity index (χ1v) is 7.47. The fraction of sp³-hybridized carbons (Fsp3) is 0.222. The maximum Gasteiger partial charge on any atom is 0.265 e. The summed E-state index contributed by atoms with van der Waals surface area (Å²) < 4.78 is 10.7. The second-order valence-corrected chi connectivity index (χ2v) is 5.18. The van der Waals surface area contributed by atoms with Gasteiger partial charge in [-0.05, 0) is 55.5 Å². The van der Waals surface area contributed by atoms with Crippen LogP contribution in [0.15, 0.2) is 48.5 Å². The average molecular weight is 328 g/mol. The number of ether oxygens (including phenoxy) is 2. The number of hydrogen-bond acceptors (Lipinski definition) is 4. The summed E-state index contributed by atoms with van der Waals surface area (Å²) in [7, 11) is 1.59. The lowest BCUT2D eigenvalue weighted by molar-refractivity contribution is -0.122. The van der Waals surface area contributed by atoms with E-state index in [1.165, 1.54) is 6.92 Å². The average Bonchev–Trinajstić information content (AvgIpc) is 2.56. The van der Waals surface area contributed by atoms with Gasteiger partial charge >= 0.3 is 0 Å². The number of anilines is 2. The molecule has 6 heteroatoms. The lowest BCUT2D eigenvalue weighted by Gasteiger charge is -2.15. The molecule has 126 valence electrons. The van der Waals surface area contributed by atoms with Crippen LogP contribution in [-0.2, 0) is 9.59 Å². The van der Waals surface area contributed by atoms with Crippen LogP contribution >= 0.6 is 0 Å². The SMILES string of the molecule is COc1ccc(O[C@H](C)C(=O)Nc2ccc(NC(C)=O)cc2)cc1. The van der Waals surface area contributed by atoms with Crippen molar-refractivity contribution < 1.29 is 19.1 Å². The van der Waals surface area contributed by atoms with Crippen LogP contribution in [0.1, 0.15) is 13.8 Å². The minimum atomic E-state index is -0.659. The lowest BCUT2D eigenvalue weighted by Crippen LogP contribution is -2.30. The highest BCUT2D eigenvalue weighted by atomic mass is 16.5. The summed E-state index contributed by atoms with van der Waals surface area (Å²) in [4.78, 5) is 23.1. The van der Waals surface area contributed by atoms with Gasteiger partial charge in [0.2, 0.25) is 5.91 Å². The van der Waals surface area contributed by atoms with E-state index < -0.39 is 6.10 Å². The van der Waals surface area contributed by atoms with Gasteiger partial charge in [0.25, 0.3) is 5.91 Å². The van der Waals surface area contributed by atoms with Crippen molar-refractivity contribution in [3.63, 3.8) is 0 Å². The Kier molecular flexibility index (Phi) is 5.78. The molecule has 0 unspecified atom stereocenters. The summed E-state index contributed by atoms with van der Waals surface area (Å²) in [5.74, 6) is 0.893. The van der Waals surface area contributed by atoms with E-state index >= 15 is 0 Å². The zero-order chi connectivity index (χ0) is 17.5. The summed E-state index contributed by atoms with van der Waals surface area (Å²) in [6.07, 6.45) is -0.659. The third-order valence-electron chi connectivity index (χ3n) is 3.21. The molecule has 0 aliphatic rings. The van der Waals surface area contributed by atoms with E-state index in [9.17, 15) is 9.59 Å². The van der Waals surface area contributed by atoms with Crippen molar-refractivity contribution in [3.05, 3.63) is 48.5 Å². The van der Waals surface area contributed by atoms with Crippen LogP contribution in [0.25, 0.3) is 0 Å². The van der Waals surface area contributed by atoms with Gasteiger partial charge in [-0.25, -0.2) is 0 Å². The number of nitrogens with one attached hydrogen (secondary N) is 2. The molecule has 6 nitrogen and oxygen atoms in total. The highest BCUT2D eigenvalue weighted by Gasteiger charge is 2.15. The first-order valence-electron chi connectivity index (χ1n) is 7.47. The van der Waals surface area contributed by atoms with Gasteiger partial charge in [-0.1, -0.05) is 0 Å². The second-order valence-electron chi connectivity index (χ2n) is 5.18. The largest absolute Gasteiger partial charge is 0.497 e. The molecule has 0 spiro atoms. The highest BCUT2D eigenvalue weighted by molar-refractivity contribution is 5.94. The van der Waals surface area contributed by atoms with Crippen LogP contribution in [0.3, 0.4) is 0 Å². The Hall–Kier alpha value is -3.02. The molecule has 0 bridgehead atoms. The number of carbonyl (C=O) groups excluding carboxylic acids is 2. The van der Waals surface area contributed by atoms with Gasteiger partial charge in [0, 0.05) is 18.3 Å². The van der Waals surface area contributed by atoms with E-state index in [0.29, 0.717) is 17.1 Å². The normalized spacial score (nSPS) is 11.3. The van der Waals surface area contributed by atoms with Crippen LogP contribution < -0.4 is 20.1 Å². The van der Waals surface area contributed by atoms with E-state index in [1.54, 1.807) is 62.6 Å². The van der Waals surface area contributed by atoms with Gasteiger partial charge in [-0.15, -0.1) is 0 Å². The summed E-state index contributed by atoms with van der Waals surface area (Å²) in [6, 6.07) is 13.9.